The fourth-order valence-corrected chi connectivity index (χ4v) is 6.00. The second-order valence-corrected chi connectivity index (χ2v) is 13.4. The number of nitrogens with zero attached hydrogens (tertiary/aromatic N) is 3. The van der Waals surface area contributed by atoms with Crippen LogP contribution in [0.3, 0.4) is 0 Å². The highest BCUT2D eigenvalue weighted by Crippen LogP contribution is 2.32. The number of piperazine rings is 1. The zero-order valence-electron chi connectivity index (χ0n) is 29.9. The van der Waals surface area contributed by atoms with E-state index in [2.05, 4.69) is 72.3 Å². The van der Waals surface area contributed by atoms with Gasteiger partial charge >= 0.3 is 0 Å². The molecule has 1 fully saturated rings. The molecule has 0 bridgehead atoms. The molecule has 0 saturated carbocycles. The molecule has 0 unspecified atom stereocenters. The number of hydrogen-bond acceptors (Lipinski definition) is 6. The average Bonchev–Trinajstić information content (AvgIpc) is 3.14. The number of aromatic nitrogens is 1. The summed E-state index contributed by atoms with van der Waals surface area (Å²) in [7, 11) is 0. The van der Waals surface area contributed by atoms with Gasteiger partial charge in [-0.3, -0.25) is 9.69 Å². The standard InChI is InChI=1S/C43H44ClN3O4.BrH/c1-31-4-8-36(9-5-31)30-50-39-17-18-42(45-28-39)51-41-26-33(3)37(27-40(41)44)14-19-43(48)47-23-21-46(22-24-47)29-35-12-10-34(11-13-35)20-25-49-38-15-6-32(2)7-16-38;/h4-19,26-28H,20-25,29-30H2,1-3H3;1H/b19-14+;. The Labute approximate surface area is 322 Å². The van der Waals surface area contributed by atoms with Gasteiger partial charge in [-0.25, -0.2) is 4.98 Å². The molecule has 4 aromatic carbocycles. The Bertz CT molecular complexity index is 1920. The number of hydrogen-bond donors (Lipinski definition) is 0. The average molecular weight is 783 g/mol. The maximum atomic E-state index is 13.1. The number of aryl methyl sites for hydroxylation is 3. The second kappa shape index (κ2) is 18.7. The van der Waals surface area contributed by atoms with E-state index in [-0.39, 0.29) is 22.9 Å². The van der Waals surface area contributed by atoms with Crippen LogP contribution >= 0.6 is 28.6 Å². The predicted octanol–water partition coefficient (Wildman–Crippen LogP) is 9.59. The molecular weight excluding hydrogens is 738 g/mol. The molecule has 0 aliphatic carbocycles. The number of amides is 1. The number of pyridine rings is 1. The molecule has 1 saturated heterocycles. The van der Waals surface area contributed by atoms with Crippen molar-refractivity contribution in [3.05, 3.63) is 153 Å². The van der Waals surface area contributed by atoms with E-state index >= 15 is 0 Å². The Morgan fingerprint density at radius 1 is 0.769 bits per heavy atom. The van der Waals surface area contributed by atoms with Crippen LogP contribution in [0.4, 0.5) is 0 Å². The van der Waals surface area contributed by atoms with Crippen molar-refractivity contribution in [2.75, 3.05) is 32.8 Å². The summed E-state index contributed by atoms with van der Waals surface area (Å²) in [5.74, 6) is 2.46. The van der Waals surface area contributed by atoms with Crippen molar-refractivity contribution in [2.45, 2.75) is 40.3 Å². The summed E-state index contributed by atoms with van der Waals surface area (Å²) in [4.78, 5) is 21.7. The van der Waals surface area contributed by atoms with Crippen LogP contribution in [0.15, 0.2) is 109 Å². The molecular formula is C43H45BrClN3O4. The number of carbonyl (C=O) groups excluding carboxylic acids is 1. The van der Waals surface area contributed by atoms with Crippen molar-refractivity contribution in [1.29, 1.82) is 0 Å². The zero-order valence-corrected chi connectivity index (χ0v) is 32.4. The van der Waals surface area contributed by atoms with Crippen molar-refractivity contribution in [2.24, 2.45) is 0 Å². The van der Waals surface area contributed by atoms with Crippen molar-refractivity contribution < 1.29 is 19.0 Å². The summed E-state index contributed by atoms with van der Waals surface area (Å²) in [6.07, 6.45) is 5.96. The van der Waals surface area contributed by atoms with Crippen LogP contribution in [0.5, 0.6) is 23.1 Å². The maximum Gasteiger partial charge on any atom is 0.246 e. The van der Waals surface area contributed by atoms with E-state index in [0.29, 0.717) is 48.7 Å². The first-order chi connectivity index (χ1) is 24.8. The van der Waals surface area contributed by atoms with Crippen molar-refractivity contribution >= 4 is 40.6 Å². The Morgan fingerprint density at radius 3 is 2.08 bits per heavy atom. The topological polar surface area (TPSA) is 64.1 Å². The smallest absolute Gasteiger partial charge is 0.246 e. The fourth-order valence-electron chi connectivity index (χ4n) is 5.79. The Balaban J connectivity index is 0.00000523. The molecule has 0 atom stereocenters. The number of ether oxygens (including phenoxy) is 3. The van der Waals surface area contributed by atoms with Gasteiger partial charge in [0.05, 0.1) is 17.8 Å². The fraction of sp³-hybridized carbons (Fsp3) is 0.256. The molecule has 6 rings (SSSR count). The van der Waals surface area contributed by atoms with E-state index in [4.69, 9.17) is 25.8 Å². The van der Waals surface area contributed by atoms with Crippen LogP contribution in [0.1, 0.15) is 38.9 Å². The van der Waals surface area contributed by atoms with Crippen LogP contribution < -0.4 is 14.2 Å². The molecule has 52 heavy (non-hydrogen) atoms. The van der Waals surface area contributed by atoms with E-state index in [9.17, 15) is 4.79 Å². The lowest BCUT2D eigenvalue weighted by molar-refractivity contribution is -0.127. The molecule has 270 valence electrons. The number of carbonyl (C=O) groups is 1. The lowest BCUT2D eigenvalue weighted by atomic mass is 10.1. The molecule has 1 amide bonds. The van der Waals surface area contributed by atoms with Crippen molar-refractivity contribution in [3.8, 4) is 23.1 Å². The lowest BCUT2D eigenvalue weighted by Gasteiger charge is -2.34. The van der Waals surface area contributed by atoms with E-state index in [1.165, 1.54) is 22.3 Å². The van der Waals surface area contributed by atoms with Crippen LogP contribution in [-0.2, 0) is 24.4 Å². The highest BCUT2D eigenvalue weighted by Gasteiger charge is 2.20. The first-order valence-corrected chi connectivity index (χ1v) is 17.7. The van der Waals surface area contributed by atoms with Crippen LogP contribution in [0.2, 0.25) is 5.02 Å². The van der Waals surface area contributed by atoms with Gasteiger partial charge in [-0.15, -0.1) is 17.0 Å². The molecule has 2 heterocycles. The monoisotopic (exact) mass is 781 g/mol. The Kier molecular flexibility index (Phi) is 13.9. The van der Waals surface area contributed by atoms with Gasteiger partial charge in [0, 0.05) is 51.3 Å². The highest BCUT2D eigenvalue weighted by atomic mass is 79.9. The molecule has 1 aliphatic heterocycles. The van der Waals surface area contributed by atoms with E-state index in [1.807, 2.05) is 60.4 Å². The third kappa shape index (κ3) is 11.2. The summed E-state index contributed by atoms with van der Waals surface area (Å²) in [6, 6.07) is 32.4. The quantitative estimate of drug-likeness (QED) is 0.111. The van der Waals surface area contributed by atoms with Gasteiger partial charge in [-0.1, -0.05) is 83.4 Å². The summed E-state index contributed by atoms with van der Waals surface area (Å²) in [5, 5.41) is 0.437. The van der Waals surface area contributed by atoms with Crippen LogP contribution in [0.25, 0.3) is 6.08 Å². The summed E-state index contributed by atoms with van der Waals surface area (Å²) in [6.45, 7) is 11.1. The Morgan fingerprint density at radius 2 is 1.40 bits per heavy atom. The predicted molar refractivity (Wildman–Crippen MR) is 214 cm³/mol. The van der Waals surface area contributed by atoms with Gasteiger partial charge in [-0.05, 0) is 85.0 Å². The van der Waals surface area contributed by atoms with Gasteiger partial charge < -0.3 is 19.1 Å². The van der Waals surface area contributed by atoms with Gasteiger partial charge in [-0.2, -0.15) is 0 Å². The molecule has 0 spiro atoms. The highest BCUT2D eigenvalue weighted by molar-refractivity contribution is 8.93. The number of halogens is 2. The molecule has 5 aromatic rings. The molecule has 7 nitrogen and oxygen atoms in total. The minimum atomic E-state index is -0.00315. The normalized spacial score (nSPS) is 13.1. The maximum absolute atomic E-state index is 13.1. The number of rotatable bonds is 13. The molecule has 9 heteroatoms. The zero-order chi connectivity index (χ0) is 35.6. The van der Waals surface area contributed by atoms with E-state index < -0.39 is 0 Å². The van der Waals surface area contributed by atoms with E-state index in [0.717, 1.165) is 48.5 Å². The largest absolute Gasteiger partial charge is 0.493 e. The van der Waals surface area contributed by atoms with E-state index in [1.54, 1.807) is 18.3 Å². The van der Waals surface area contributed by atoms with Crippen molar-refractivity contribution in [3.63, 3.8) is 0 Å². The summed E-state index contributed by atoms with van der Waals surface area (Å²) in [5.41, 5.74) is 7.86. The van der Waals surface area contributed by atoms with Gasteiger partial charge in [0.25, 0.3) is 0 Å². The first-order valence-electron chi connectivity index (χ1n) is 17.4. The lowest BCUT2D eigenvalue weighted by Crippen LogP contribution is -2.47. The molecule has 1 aromatic heterocycles. The van der Waals surface area contributed by atoms with Gasteiger partial charge in [0.2, 0.25) is 11.8 Å². The molecule has 1 aliphatic rings. The Hall–Kier alpha value is -4.63. The van der Waals surface area contributed by atoms with Gasteiger partial charge in [0.1, 0.15) is 23.9 Å². The second-order valence-electron chi connectivity index (χ2n) is 13.0. The minimum absolute atomic E-state index is 0. The van der Waals surface area contributed by atoms with Crippen LogP contribution in [0, 0.1) is 20.8 Å². The van der Waals surface area contributed by atoms with Crippen molar-refractivity contribution in [1.82, 2.24) is 14.8 Å². The first kappa shape index (κ1) is 38.6. The number of benzene rings is 4. The van der Waals surface area contributed by atoms with Gasteiger partial charge in [0.15, 0.2) is 0 Å². The third-order valence-electron chi connectivity index (χ3n) is 8.97. The molecule has 0 N–H and O–H groups in total. The van der Waals surface area contributed by atoms with Crippen LogP contribution in [-0.4, -0.2) is 53.5 Å². The third-order valence-corrected chi connectivity index (χ3v) is 9.26. The summed E-state index contributed by atoms with van der Waals surface area (Å²) < 4.78 is 17.7. The molecule has 0 radical (unpaired) electrons. The minimum Gasteiger partial charge on any atom is -0.493 e. The summed E-state index contributed by atoms with van der Waals surface area (Å²) >= 11 is 6.60. The SMILES string of the molecule is Br.Cc1ccc(COc2ccc(Oc3cc(C)c(/C=C/C(=O)N4CCN(Cc5ccc(CCOc6ccc(C)cc6)cc5)CC4)cc3Cl)nc2)cc1.